The monoisotopic (exact) mass is 335 g/mol. The normalized spacial score (nSPS) is 44.2. The molecule has 5 rings (SSSR count). The first kappa shape index (κ1) is 16.9. The van der Waals surface area contributed by atoms with Crippen LogP contribution in [0.1, 0.15) is 59.8 Å². The van der Waals surface area contributed by atoms with Crippen LogP contribution in [0.4, 0.5) is 0 Å². The molecule has 5 fully saturated rings. The summed E-state index contributed by atoms with van der Waals surface area (Å²) in [4.78, 5) is 14.7. The van der Waals surface area contributed by atoms with Crippen molar-refractivity contribution < 1.29 is 19.8 Å². The van der Waals surface area contributed by atoms with Gasteiger partial charge in [0.1, 0.15) is 0 Å². The molecule has 6 unspecified atom stereocenters. The van der Waals surface area contributed by atoms with Crippen molar-refractivity contribution >= 4 is 13.0 Å². The molecule has 6 heteroatoms. The van der Waals surface area contributed by atoms with E-state index in [1.165, 1.54) is 6.42 Å². The van der Waals surface area contributed by atoms with Gasteiger partial charge in [0.2, 0.25) is 0 Å². The highest BCUT2D eigenvalue weighted by molar-refractivity contribution is 6.48. The molecule has 134 valence electrons. The van der Waals surface area contributed by atoms with E-state index in [0.717, 1.165) is 38.1 Å². The second-order valence-corrected chi connectivity index (χ2v) is 9.18. The number of carbonyl (C=O) groups excluding carboxylic acids is 1. The first-order valence-electron chi connectivity index (χ1n) is 9.75. The van der Waals surface area contributed by atoms with E-state index >= 15 is 0 Å². The van der Waals surface area contributed by atoms with Gasteiger partial charge in [-0.15, -0.1) is 0 Å². The number of quaternary nitrogens is 1. The first-order chi connectivity index (χ1) is 11.3. The Morgan fingerprint density at radius 1 is 1.38 bits per heavy atom. The average Bonchev–Trinajstić information content (AvgIpc) is 3.15. The zero-order chi connectivity index (χ0) is 17.3. The molecule has 3 saturated carbocycles. The van der Waals surface area contributed by atoms with E-state index in [2.05, 4.69) is 26.5 Å². The molecule has 3 N–H and O–H groups in total. The predicted molar refractivity (Wildman–Crippen MR) is 91.8 cm³/mol. The van der Waals surface area contributed by atoms with Gasteiger partial charge in [0.15, 0.2) is 6.04 Å². The Bertz CT molecular complexity index is 542. The van der Waals surface area contributed by atoms with Crippen LogP contribution in [0.3, 0.4) is 0 Å². The molecule has 0 aromatic heterocycles. The molecule has 24 heavy (non-hydrogen) atoms. The van der Waals surface area contributed by atoms with Gasteiger partial charge in [-0.25, -0.2) is 0 Å². The fourth-order valence-corrected chi connectivity index (χ4v) is 5.82. The second kappa shape index (κ2) is 5.45. The lowest BCUT2D eigenvalue weighted by atomic mass is 9.43. The van der Waals surface area contributed by atoms with Crippen LogP contribution in [0.2, 0.25) is 0 Å². The maximum Gasteiger partial charge on any atom is 0.481 e. The summed E-state index contributed by atoms with van der Waals surface area (Å²) in [6.45, 7) is 9.84. The van der Waals surface area contributed by atoms with Gasteiger partial charge in [-0.1, -0.05) is 20.8 Å². The van der Waals surface area contributed by atoms with E-state index < -0.39 is 0 Å². The lowest BCUT2D eigenvalue weighted by molar-refractivity contribution is -0.406. The first-order valence-corrected chi connectivity index (χ1v) is 9.75. The maximum absolute atomic E-state index is 12.7. The number of nitrogens with zero attached hydrogens (tertiary/aromatic N) is 1. The highest BCUT2D eigenvalue weighted by atomic mass is 16.7. The standard InChI is InChI=1S/C18H31BN2O3/c1-5-12(20)16(22)21-8-6-7-15(21)19-23-14-10-11-9-13(17(11,2)3)18(14,4)24-19/h11-15H,5-10,20H2,1-4H3/p+1. The van der Waals surface area contributed by atoms with E-state index in [1.807, 2.05) is 11.8 Å². The molecule has 2 bridgehead atoms. The molecule has 2 aliphatic heterocycles. The summed E-state index contributed by atoms with van der Waals surface area (Å²) < 4.78 is 13.0. The highest BCUT2D eigenvalue weighted by Gasteiger charge is 2.69. The van der Waals surface area contributed by atoms with Crippen molar-refractivity contribution in [1.29, 1.82) is 0 Å². The van der Waals surface area contributed by atoms with E-state index in [9.17, 15) is 4.79 Å². The lowest BCUT2D eigenvalue weighted by Gasteiger charge is -2.64. The van der Waals surface area contributed by atoms with Crippen LogP contribution >= 0.6 is 0 Å². The molecule has 0 radical (unpaired) electrons. The van der Waals surface area contributed by atoms with E-state index in [-0.39, 0.29) is 36.7 Å². The second-order valence-electron chi connectivity index (χ2n) is 9.18. The van der Waals surface area contributed by atoms with Crippen molar-refractivity contribution in [2.75, 3.05) is 6.54 Å². The minimum atomic E-state index is -0.259. The van der Waals surface area contributed by atoms with Crippen LogP contribution in [0.25, 0.3) is 0 Å². The van der Waals surface area contributed by atoms with Crippen LogP contribution in [0, 0.1) is 17.3 Å². The molecular formula is C18H32BN2O3+. The van der Waals surface area contributed by atoms with Crippen LogP contribution in [-0.2, 0) is 14.1 Å². The number of likely N-dealkylation sites (tertiary alicyclic amines) is 1. The quantitative estimate of drug-likeness (QED) is 0.790. The summed E-state index contributed by atoms with van der Waals surface area (Å²) in [5, 5.41) is 0. The maximum atomic E-state index is 12.7. The fourth-order valence-electron chi connectivity index (χ4n) is 5.82. The summed E-state index contributed by atoms with van der Waals surface area (Å²) in [6.07, 6.45) is 5.36. The Balaban J connectivity index is 1.51. The van der Waals surface area contributed by atoms with E-state index in [1.54, 1.807) is 0 Å². The summed E-state index contributed by atoms with van der Waals surface area (Å²) in [7, 11) is -0.259. The van der Waals surface area contributed by atoms with Gasteiger partial charge in [-0.3, -0.25) is 4.79 Å². The Morgan fingerprint density at radius 2 is 2.12 bits per heavy atom. The third-order valence-electron chi connectivity index (χ3n) is 7.71. The molecule has 0 aromatic rings. The largest absolute Gasteiger partial charge is 0.481 e. The van der Waals surface area contributed by atoms with Gasteiger partial charge in [-0.2, -0.15) is 0 Å². The fraction of sp³-hybridized carbons (Fsp3) is 0.944. The van der Waals surface area contributed by atoms with Crippen LogP contribution < -0.4 is 5.73 Å². The molecule has 6 atom stereocenters. The third kappa shape index (κ3) is 2.15. The number of hydrogen-bond acceptors (Lipinski definition) is 3. The molecular weight excluding hydrogens is 303 g/mol. The van der Waals surface area contributed by atoms with Crippen molar-refractivity contribution in [3.63, 3.8) is 0 Å². The zero-order valence-corrected chi connectivity index (χ0v) is 15.6. The molecule has 3 aliphatic carbocycles. The summed E-state index contributed by atoms with van der Waals surface area (Å²) in [5.41, 5.74) is 4.18. The minimum absolute atomic E-state index is 0.0658. The van der Waals surface area contributed by atoms with Crippen molar-refractivity contribution in [2.45, 2.75) is 83.5 Å². The average molecular weight is 335 g/mol. The van der Waals surface area contributed by atoms with Gasteiger partial charge in [0.05, 0.1) is 17.6 Å². The molecule has 5 nitrogen and oxygen atoms in total. The molecule has 1 amide bonds. The lowest BCUT2D eigenvalue weighted by Crippen LogP contribution is -2.68. The SMILES string of the molecule is CCC([NH3+])C(=O)N1CCCC1B1OC2CC3CC(C3(C)C)C2(C)O1. The van der Waals surface area contributed by atoms with Crippen molar-refractivity contribution in [1.82, 2.24) is 4.90 Å². The van der Waals surface area contributed by atoms with E-state index in [0.29, 0.717) is 11.3 Å². The molecule has 2 heterocycles. The number of hydrogen-bond donors (Lipinski definition) is 1. The summed E-state index contributed by atoms with van der Waals surface area (Å²) in [5.74, 6) is 1.56. The predicted octanol–water partition coefficient (Wildman–Crippen LogP) is 1.27. The van der Waals surface area contributed by atoms with Gasteiger partial charge < -0.3 is 19.9 Å². The van der Waals surface area contributed by atoms with Gasteiger partial charge in [-0.05, 0) is 49.9 Å². The summed E-state index contributed by atoms with van der Waals surface area (Å²) in [6, 6.07) is -0.156. The zero-order valence-electron chi connectivity index (χ0n) is 15.6. The number of carbonyl (C=O) groups is 1. The smallest absolute Gasteiger partial charge is 0.404 e. The van der Waals surface area contributed by atoms with Gasteiger partial charge in [0, 0.05) is 13.0 Å². The number of amides is 1. The minimum Gasteiger partial charge on any atom is -0.404 e. The van der Waals surface area contributed by atoms with E-state index in [4.69, 9.17) is 9.31 Å². The van der Waals surface area contributed by atoms with Crippen molar-refractivity contribution in [3.8, 4) is 0 Å². The van der Waals surface area contributed by atoms with Crippen molar-refractivity contribution in [2.24, 2.45) is 17.3 Å². The van der Waals surface area contributed by atoms with Gasteiger partial charge >= 0.3 is 7.12 Å². The molecule has 2 saturated heterocycles. The Morgan fingerprint density at radius 3 is 2.79 bits per heavy atom. The van der Waals surface area contributed by atoms with Gasteiger partial charge in [0.25, 0.3) is 5.91 Å². The Kier molecular flexibility index (Phi) is 3.83. The number of rotatable bonds is 3. The molecule has 0 aromatic carbocycles. The van der Waals surface area contributed by atoms with Crippen LogP contribution in [0.15, 0.2) is 0 Å². The highest BCUT2D eigenvalue weighted by Crippen LogP contribution is 2.65. The summed E-state index contributed by atoms with van der Waals surface area (Å²) >= 11 is 0. The van der Waals surface area contributed by atoms with Crippen LogP contribution in [0.5, 0.6) is 0 Å². The Labute approximate surface area is 145 Å². The molecule has 5 aliphatic rings. The van der Waals surface area contributed by atoms with Crippen LogP contribution in [-0.4, -0.2) is 48.2 Å². The third-order valence-corrected chi connectivity index (χ3v) is 7.71. The molecule has 0 spiro atoms. The topological polar surface area (TPSA) is 66.4 Å². The Hall–Kier alpha value is -0.585. The van der Waals surface area contributed by atoms with Crippen molar-refractivity contribution in [3.05, 3.63) is 0 Å².